The fraction of sp³-hybridized carbons (Fsp3) is 0.455. The van der Waals surface area contributed by atoms with Gasteiger partial charge in [0.25, 0.3) is 6.43 Å². The largest absolute Gasteiger partial charge is 0.494 e. The van der Waals surface area contributed by atoms with Gasteiger partial charge in [-0.05, 0) is 6.07 Å². The molecule has 0 aliphatic carbocycles. The number of alkyl halides is 3. The van der Waals surface area contributed by atoms with Crippen molar-refractivity contribution in [1.82, 2.24) is 4.98 Å². The van der Waals surface area contributed by atoms with Crippen LogP contribution in [0, 0.1) is 0 Å². The lowest BCUT2D eigenvalue weighted by Gasteiger charge is -2.13. The zero-order valence-corrected chi connectivity index (χ0v) is 10.6. The lowest BCUT2D eigenvalue weighted by atomic mass is 10.1. The first-order valence-electron chi connectivity index (χ1n) is 5.01. The molecule has 0 saturated carbocycles. The minimum Gasteiger partial charge on any atom is -0.494 e. The van der Waals surface area contributed by atoms with Crippen LogP contribution in [0.1, 0.15) is 23.4 Å². The molecular formula is C11H12ClF2NO3. The number of pyridine rings is 1. The van der Waals surface area contributed by atoms with Crippen LogP contribution >= 0.6 is 11.6 Å². The van der Waals surface area contributed by atoms with Gasteiger partial charge in [-0.1, -0.05) is 0 Å². The zero-order valence-electron chi connectivity index (χ0n) is 9.87. The summed E-state index contributed by atoms with van der Waals surface area (Å²) in [6.45, 7) is 0. The van der Waals surface area contributed by atoms with Gasteiger partial charge in [-0.3, -0.25) is 4.79 Å². The molecule has 7 heteroatoms. The highest BCUT2D eigenvalue weighted by Crippen LogP contribution is 2.29. The van der Waals surface area contributed by atoms with E-state index >= 15 is 0 Å². The average Bonchev–Trinajstić information content (AvgIpc) is 2.37. The molecule has 0 amide bonds. The van der Waals surface area contributed by atoms with E-state index in [9.17, 15) is 13.6 Å². The van der Waals surface area contributed by atoms with Crippen LogP contribution in [0.5, 0.6) is 5.75 Å². The second-order valence-electron chi connectivity index (χ2n) is 3.37. The molecule has 0 saturated heterocycles. The summed E-state index contributed by atoms with van der Waals surface area (Å²) in [5, 5.41) is 0. The van der Waals surface area contributed by atoms with Gasteiger partial charge in [-0.25, -0.2) is 13.8 Å². The van der Waals surface area contributed by atoms with E-state index in [0.717, 1.165) is 6.07 Å². The molecule has 18 heavy (non-hydrogen) atoms. The fourth-order valence-corrected chi connectivity index (χ4v) is 1.66. The Bertz CT molecular complexity index is 441. The third-order valence-electron chi connectivity index (χ3n) is 2.25. The number of nitrogens with zero attached hydrogens (tertiary/aromatic N) is 1. The predicted octanol–water partition coefficient (Wildman–Crippen LogP) is 2.48. The van der Waals surface area contributed by atoms with Gasteiger partial charge in [0.15, 0.2) is 0 Å². The van der Waals surface area contributed by atoms with Gasteiger partial charge in [0, 0.05) is 5.56 Å². The van der Waals surface area contributed by atoms with Crippen molar-refractivity contribution in [3.8, 4) is 5.75 Å². The minimum absolute atomic E-state index is 0.0143. The highest BCUT2D eigenvalue weighted by molar-refractivity contribution is 6.17. The topological polar surface area (TPSA) is 48.4 Å². The summed E-state index contributed by atoms with van der Waals surface area (Å²) in [6.07, 6.45) is -2.99. The first kappa shape index (κ1) is 14.6. The number of halogens is 3. The number of carbonyl (C=O) groups is 1. The van der Waals surface area contributed by atoms with Crippen molar-refractivity contribution in [3.63, 3.8) is 0 Å². The molecule has 1 rings (SSSR count). The number of hydrogen-bond donors (Lipinski definition) is 0. The Hall–Kier alpha value is -1.43. The van der Waals surface area contributed by atoms with Crippen molar-refractivity contribution in [1.29, 1.82) is 0 Å². The van der Waals surface area contributed by atoms with Crippen molar-refractivity contribution in [2.24, 2.45) is 0 Å². The second-order valence-corrected chi connectivity index (χ2v) is 3.64. The van der Waals surface area contributed by atoms with Gasteiger partial charge >= 0.3 is 5.97 Å². The minimum atomic E-state index is -2.74. The summed E-state index contributed by atoms with van der Waals surface area (Å²) in [5.41, 5.74) is 0.0199. The number of methoxy groups -OCH3 is 2. The maximum Gasteiger partial charge on any atom is 0.311 e. The quantitative estimate of drug-likeness (QED) is 0.614. The van der Waals surface area contributed by atoms with Crippen molar-refractivity contribution in [3.05, 3.63) is 23.0 Å². The third-order valence-corrected chi connectivity index (χ3v) is 2.54. The van der Waals surface area contributed by atoms with E-state index in [0.29, 0.717) is 5.56 Å². The second kappa shape index (κ2) is 6.49. The number of carbonyl (C=O) groups excluding carboxylic acids is 1. The van der Waals surface area contributed by atoms with Crippen LogP contribution in [0.3, 0.4) is 0 Å². The lowest BCUT2D eigenvalue weighted by molar-refractivity contribution is -0.139. The third kappa shape index (κ3) is 3.29. The molecule has 100 valence electrons. The maximum absolute atomic E-state index is 12.7. The van der Waals surface area contributed by atoms with Crippen molar-refractivity contribution in [2.75, 3.05) is 14.2 Å². The van der Waals surface area contributed by atoms with E-state index in [2.05, 4.69) is 9.72 Å². The Kier molecular flexibility index (Phi) is 5.27. The van der Waals surface area contributed by atoms with E-state index in [1.807, 2.05) is 0 Å². The Morgan fingerprint density at radius 3 is 2.61 bits per heavy atom. The first-order chi connectivity index (χ1) is 8.53. The smallest absolute Gasteiger partial charge is 0.311 e. The van der Waals surface area contributed by atoms with Gasteiger partial charge < -0.3 is 9.47 Å². The van der Waals surface area contributed by atoms with Gasteiger partial charge in [-0.15, -0.1) is 11.6 Å². The molecule has 0 bridgehead atoms. The SMILES string of the molecule is COC(=O)Cc1nc(C(F)F)cc(CCl)c1OC. The van der Waals surface area contributed by atoms with Crippen LogP contribution in [0.2, 0.25) is 0 Å². The van der Waals surface area contributed by atoms with E-state index in [1.54, 1.807) is 0 Å². The molecule has 0 aromatic carbocycles. The molecule has 0 atom stereocenters. The molecule has 1 heterocycles. The molecule has 0 fully saturated rings. The molecule has 0 unspecified atom stereocenters. The molecule has 1 aromatic heterocycles. The summed E-state index contributed by atoms with van der Waals surface area (Å²) >= 11 is 5.66. The number of rotatable bonds is 5. The van der Waals surface area contributed by atoms with Crippen LogP contribution in [0.25, 0.3) is 0 Å². The number of ether oxygens (including phenoxy) is 2. The highest BCUT2D eigenvalue weighted by Gasteiger charge is 2.19. The highest BCUT2D eigenvalue weighted by atomic mass is 35.5. The van der Waals surface area contributed by atoms with Crippen LogP contribution in [-0.4, -0.2) is 25.2 Å². The summed E-state index contributed by atoms with van der Waals surface area (Å²) < 4.78 is 34.8. The van der Waals surface area contributed by atoms with Crippen LogP contribution in [0.4, 0.5) is 8.78 Å². The maximum atomic E-state index is 12.7. The van der Waals surface area contributed by atoms with E-state index in [-0.39, 0.29) is 23.7 Å². The average molecular weight is 280 g/mol. The molecular weight excluding hydrogens is 268 g/mol. The monoisotopic (exact) mass is 279 g/mol. The molecule has 0 radical (unpaired) electrons. The first-order valence-corrected chi connectivity index (χ1v) is 5.54. The summed E-state index contributed by atoms with van der Waals surface area (Å²) in [5.74, 6) is -0.368. The van der Waals surface area contributed by atoms with E-state index in [1.165, 1.54) is 14.2 Å². The van der Waals surface area contributed by atoms with Crippen LogP contribution in [-0.2, 0) is 21.8 Å². The zero-order chi connectivity index (χ0) is 13.7. The van der Waals surface area contributed by atoms with E-state index in [4.69, 9.17) is 16.3 Å². The Morgan fingerprint density at radius 2 is 2.17 bits per heavy atom. The summed E-state index contributed by atoms with van der Waals surface area (Å²) in [6, 6.07) is 1.16. The number of aromatic nitrogens is 1. The Morgan fingerprint density at radius 1 is 1.50 bits per heavy atom. The van der Waals surface area contributed by atoms with Crippen molar-refractivity contribution >= 4 is 17.6 Å². The normalized spacial score (nSPS) is 10.6. The van der Waals surface area contributed by atoms with Crippen LogP contribution in [0.15, 0.2) is 6.07 Å². The van der Waals surface area contributed by atoms with Crippen molar-refractivity contribution in [2.45, 2.75) is 18.7 Å². The molecule has 0 N–H and O–H groups in total. The number of hydrogen-bond acceptors (Lipinski definition) is 4. The lowest BCUT2D eigenvalue weighted by Crippen LogP contribution is -2.10. The number of esters is 1. The van der Waals surface area contributed by atoms with Gasteiger partial charge in [0.05, 0.1) is 32.2 Å². The molecule has 4 nitrogen and oxygen atoms in total. The fourth-order valence-electron chi connectivity index (χ4n) is 1.46. The molecule has 1 aromatic rings. The van der Waals surface area contributed by atoms with Gasteiger partial charge in [-0.2, -0.15) is 0 Å². The van der Waals surface area contributed by atoms with Crippen molar-refractivity contribution < 1.29 is 23.0 Å². The molecule has 0 aliphatic rings. The standard InChI is InChI=1S/C11H12ClF2NO3/c1-17-9(16)4-7-10(18-2)6(5-12)3-8(15-7)11(13)14/h3,11H,4-5H2,1-2H3. The molecule has 0 aliphatic heterocycles. The van der Waals surface area contributed by atoms with Gasteiger partial charge in [0.2, 0.25) is 0 Å². The summed E-state index contributed by atoms with van der Waals surface area (Å²) in [7, 11) is 2.56. The molecule has 0 spiro atoms. The summed E-state index contributed by atoms with van der Waals surface area (Å²) in [4.78, 5) is 14.9. The Balaban J connectivity index is 3.26. The van der Waals surface area contributed by atoms with Gasteiger partial charge in [0.1, 0.15) is 11.4 Å². The predicted molar refractivity (Wildman–Crippen MR) is 61.0 cm³/mol. The van der Waals surface area contributed by atoms with Crippen LogP contribution < -0.4 is 4.74 Å². The Labute approximate surface area is 108 Å². The van der Waals surface area contributed by atoms with E-state index < -0.39 is 18.1 Å².